The number of hydrogen-bond acceptors (Lipinski definition) is 7. The lowest BCUT2D eigenvalue weighted by Gasteiger charge is -2.25. The number of thioether (sulfide) groups is 3. The molecule has 0 spiro atoms. The van der Waals surface area contributed by atoms with E-state index >= 15 is 0 Å². The molecule has 0 unspecified atom stereocenters. The Balaban J connectivity index is 1.92. The molecule has 310 valence electrons. The van der Waals surface area contributed by atoms with Gasteiger partial charge in [-0.25, -0.2) is 0 Å². The summed E-state index contributed by atoms with van der Waals surface area (Å²) in [7, 11) is 0.239. The van der Waals surface area contributed by atoms with Crippen LogP contribution >= 0.6 is 35.3 Å². The van der Waals surface area contributed by atoms with E-state index in [2.05, 4.69) is 108 Å². The van der Waals surface area contributed by atoms with E-state index in [4.69, 9.17) is 18.9 Å². The second-order valence-corrected chi connectivity index (χ2v) is 20.4. The van der Waals surface area contributed by atoms with Gasteiger partial charge in [0.25, 0.3) is 0 Å². The Morgan fingerprint density at radius 3 is 0.825 bits per heavy atom. The smallest absolute Gasteiger partial charge is 0.132 e. The molecule has 57 heavy (non-hydrogen) atoms. The Labute approximate surface area is 361 Å². The summed E-state index contributed by atoms with van der Waals surface area (Å²) in [5.74, 6) is 7.95. The minimum atomic E-state index is 0.239. The van der Waals surface area contributed by atoms with E-state index in [0.717, 1.165) is 97.4 Å². The standard InChI is InChI=1S/C49H67O4S4/c1-10-14-50-46-38-18-34(30-54-5)19-39(46)27-41-21-36(32-56-7)23-43(48(41)52-16-12-3)29-45-25-37(33-57(8)9)24-44(49(45)53-17-13-4)28-42-22-35(31-55-6)20-40(26-38)47(42)51-15-11-2/h18-25H,10-17,26-33H2,1-9H3/q+1. The van der Waals surface area contributed by atoms with Crippen LogP contribution in [0.1, 0.15) is 120 Å². The first kappa shape index (κ1) is 45.6. The van der Waals surface area contributed by atoms with Gasteiger partial charge in [0.15, 0.2) is 0 Å². The zero-order chi connectivity index (χ0) is 40.7. The van der Waals surface area contributed by atoms with Crippen molar-refractivity contribution in [2.75, 3.05) is 57.7 Å². The number of fused-ring (bicyclic) bond motifs is 8. The highest BCUT2D eigenvalue weighted by Crippen LogP contribution is 2.42. The van der Waals surface area contributed by atoms with E-state index in [-0.39, 0.29) is 10.9 Å². The Bertz CT molecular complexity index is 1790. The molecule has 0 fully saturated rings. The largest absolute Gasteiger partial charge is 0.493 e. The van der Waals surface area contributed by atoms with Gasteiger partial charge in [0.1, 0.15) is 28.8 Å². The molecule has 5 rings (SSSR count). The van der Waals surface area contributed by atoms with Crippen LogP contribution in [0, 0.1) is 0 Å². The summed E-state index contributed by atoms with van der Waals surface area (Å²) in [6.07, 6.45) is 18.0. The van der Waals surface area contributed by atoms with Crippen LogP contribution in [-0.2, 0) is 59.6 Å². The van der Waals surface area contributed by atoms with E-state index in [1.54, 1.807) is 0 Å². The molecular weight excluding hydrogens is 781 g/mol. The third-order valence-corrected chi connectivity index (χ3v) is 12.7. The van der Waals surface area contributed by atoms with Gasteiger partial charge in [-0.05, 0) is 129 Å². The van der Waals surface area contributed by atoms with Gasteiger partial charge in [-0.2, -0.15) is 35.3 Å². The van der Waals surface area contributed by atoms with Crippen molar-refractivity contribution < 1.29 is 18.9 Å². The Morgan fingerprint density at radius 2 is 0.632 bits per heavy atom. The molecule has 0 amide bonds. The van der Waals surface area contributed by atoms with Crippen molar-refractivity contribution in [2.45, 2.75) is 102 Å². The van der Waals surface area contributed by atoms with E-state index in [9.17, 15) is 0 Å². The van der Waals surface area contributed by atoms with Crippen molar-refractivity contribution in [3.63, 3.8) is 0 Å². The van der Waals surface area contributed by atoms with Crippen LogP contribution in [0.25, 0.3) is 0 Å². The highest BCUT2D eigenvalue weighted by molar-refractivity contribution is 7.98. The third kappa shape index (κ3) is 12.5. The Morgan fingerprint density at radius 1 is 0.404 bits per heavy atom. The fourth-order valence-electron chi connectivity index (χ4n) is 7.90. The molecule has 0 saturated heterocycles. The maximum atomic E-state index is 6.88. The first-order chi connectivity index (χ1) is 27.7. The van der Waals surface area contributed by atoms with Crippen LogP contribution in [0.15, 0.2) is 48.5 Å². The molecule has 4 nitrogen and oxygen atoms in total. The lowest BCUT2D eigenvalue weighted by Crippen LogP contribution is -2.12. The molecule has 8 bridgehead atoms. The van der Waals surface area contributed by atoms with Crippen LogP contribution < -0.4 is 18.9 Å². The molecule has 0 heterocycles. The predicted molar refractivity (Wildman–Crippen MR) is 255 cm³/mol. The summed E-state index contributed by atoms with van der Waals surface area (Å²) < 4.78 is 27.5. The molecule has 1 aliphatic rings. The van der Waals surface area contributed by atoms with Crippen molar-refractivity contribution in [3.05, 3.63) is 115 Å². The predicted octanol–water partition coefficient (Wildman–Crippen LogP) is 12.5. The van der Waals surface area contributed by atoms with Crippen LogP contribution in [0.3, 0.4) is 0 Å². The van der Waals surface area contributed by atoms with Gasteiger partial charge in [0.2, 0.25) is 0 Å². The maximum absolute atomic E-state index is 6.88. The molecule has 8 heteroatoms. The summed E-state index contributed by atoms with van der Waals surface area (Å²) in [6, 6.07) is 19.3. The first-order valence-electron chi connectivity index (χ1n) is 20.9. The van der Waals surface area contributed by atoms with Gasteiger partial charge < -0.3 is 18.9 Å². The van der Waals surface area contributed by atoms with E-state index < -0.39 is 0 Å². The lowest BCUT2D eigenvalue weighted by molar-refractivity contribution is 0.304. The number of benzene rings is 4. The minimum absolute atomic E-state index is 0.239. The first-order valence-corrected chi connectivity index (χ1v) is 27.2. The summed E-state index contributed by atoms with van der Waals surface area (Å²) in [5.41, 5.74) is 15.3. The quantitative estimate of drug-likeness (QED) is 0.0722. The molecule has 0 radical (unpaired) electrons. The summed E-state index contributed by atoms with van der Waals surface area (Å²) >= 11 is 5.62. The number of hydrogen-bond donors (Lipinski definition) is 0. The second kappa shape index (κ2) is 23.3. The fourth-order valence-corrected chi connectivity index (χ4v) is 10.2. The van der Waals surface area contributed by atoms with Gasteiger partial charge in [-0.3, -0.25) is 0 Å². The highest BCUT2D eigenvalue weighted by Gasteiger charge is 2.25. The van der Waals surface area contributed by atoms with Gasteiger partial charge in [0.05, 0.1) is 38.9 Å². The summed E-state index contributed by atoms with van der Waals surface area (Å²) in [4.78, 5) is 0. The molecule has 0 N–H and O–H groups in total. The average molecular weight is 848 g/mol. The average Bonchev–Trinajstić information content (AvgIpc) is 3.16. The molecule has 0 atom stereocenters. The molecule has 0 saturated carbocycles. The van der Waals surface area contributed by atoms with Crippen molar-refractivity contribution in [2.24, 2.45) is 0 Å². The second-order valence-electron chi connectivity index (χ2n) is 15.5. The molecule has 0 aromatic heterocycles. The Hall–Kier alpha value is -2.52. The summed E-state index contributed by atoms with van der Waals surface area (Å²) in [6.45, 7) is 11.5. The normalized spacial score (nSPS) is 12.5. The number of rotatable bonds is 20. The van der Waals surface area contributed by atoms with E-state index in [0.29, 0.717) is 26.4 Å². The minimum Gasteiger partial charge on any atom is -0.493 e. The lowest BCUT2D eigenvalue weighted by atomic mass is 9.88. The Kier molecular flexibility index (Phi) is 18.6. The van der Waals surface area contributed by atoms with E-state index in [1.165, 1.54) is 66.8 Å². The zero-order valence-electron chi connectivity index (χ0n) is 36.2. The molecule has 0 aliphatic heterocycles. The van der Waals surface area contributed by atoms with E-state index in [1.807, 2.05) is 35.3 Å². The number of ether oxygens (including phenoxy) is 4. The van der Waals surface area contributed by atoms with Gasteiger partial charge in [0, 0.05) is 48.5 Å². The highest BCUT2D eigenvalue weighted by atomic mass is 32.2. The molecule has 4 aromatic carbocycles. The molecular formula is C49H67O4S4+. The van der Waals surface area contributed by atoms with Crippen LogP contribution in [0.5, 0.6) is 23.0 Å². The van der Waals surface area contributed by atoms with Gasteiger partial charge in [-0.15, -0.1) is 0 Å². The van der Waals surface area contributed by atoms with Crippen LogP contribution in [0.2, 0.25) is 0 Å². The van der Waals surface area contributed by atoms with Gasteiger partial charge in [-0.1, -0.05) is 64.1 Å². The van der Waals surface area contributed by atoms with Gasteiger partial charge >= 0.3 is 0 Å². The molecule has 1 aliphatic carbocycles. The third-order valence-electron chi connectivity index (χ3n) is 9.92. The van der Waals surface area contributed by atoms with Crippen molar-refractivity contribution in [3.8, 4) is 23.0 Å². The molecule has 4 aromatic rings. The van der Waals surface area contributed by atoms with Crippen molar-refractivity contribution >= 4 is 46.2 Å². The monoisotopic (exact) mass is 847 g/mol. The maximum Gasteiger partial charge on any atom is 0.132 e. The van der Waals surface area contributed by atoms with Crippen molar-refractivity contribution in [1.82, 2.24) is 0 Å². The van der Waals surface area contributed by atoms with Crippen LogP contribution in [-0.4, -0.2) is 57.7 Å². The van der Waals surface area contributed by atoms with Crippen molar-refractivity contribution in [1.29, 1.82) is 0 Å². The van der Waals surface area contributed by atoms with Crippen LogP contribution in [0.4, 0.5) is 0 Å². The topological polar surface area (TPSA) is 36.9 Å². The zero-order valence-corrected chi connectivity index (χ0v) is 39.5. The summed E-state index contributed by atoms with van der Waals surface area (Å²) in [5, 5.41) is 0. The SMILES string of the molecule is CCCOc1c2cc(CSC)cc1Cc1cc(CSC)cc(c1OCCC)Cc1cc(C[S+](C)C)cc(c1OCCC)Cc1cc(CSC)cc(c1OCCC)C2. The fraction of sp³-hybridized carbons (Fsp3) is 0.510.